The fourth-order valence-electron chi connectivity index (χ4n) is 2.64. The van der Waals surface area contributed by atoms with E-state index in [0.29, 0.717) is 12.3 Å². The first-order valence-electron chi connectivity index (χ1n) is 7.69. The molecule has 1 aliphatic carbocycles. The summed E-state index contributed by atoms with van der Waals surface area (Å²) in [6, 6.07) is -0.923. The van der Waals surface area contributed by atoms with Crippen molar-refractivity contribution in [3.05, 3.63) is 0 Å². The maximum absolute atomic E-state index is 11.8. The van der Waals surface area contributed by atoms with Crippen LogP contribution in [0.5, 0.6) is 0 Å². The lowest BCUT2D eigenvalue weighted by Gasteiger charge is -2.21. The summed E-state index contributed by atoms with van der Waals surface area (Å²) in [6.45, 7) is 3.28. The van der Waals surface area contributed by atoms with Crippen molar-refractivity contribution in [2.24, 2.45) is 11.8 Å². The van der Waals surface area contributed by atoms with Crippen LogP contribution in [0.4, 0.5) is 0 Å². The molecule has 3 N–H and O–H groups in total. The molecule has 1 fully saturated rings. The highest BCUT2D eigenvalue weighted by Gasteiger charge is 2.23. The number of rotatable bonds is 7. The molecule has 0 aromatic rings. The number of hydrogen-bond acceptors (Lipinski definition) is 3. The minimum atomic E-state index is -1.06. The molecule has 21 heavy (non-hydrogen) atoms. The molecule has 1 rings (SSSR count). The minimum Gasteiger partial charge on any atom is -0.480 e. The molecule has 6 heteroatoms. The molecule has 0 radical (unpaired) electrons. The van der Waals surface area contributed by atoms with Gasteiger partial charge in [0.05, 0.1) is 6.54 Å². The second-order valence-corrected chi connectivity index (χ2v) is 6.11. The molecule has 120 valence electrons. The molecule has 2 amide bonds. The van der Waals surface area contributed by atoms with Gasteiger partial charge in [-0.15, -0.1) is 0 Å². The molecule has 1 aliphatic rings. The van der Waals surface area contributed by atoms with Gasteiger partial charge in [-0.25, -0.2) is 4.79 Å². The smallest absolute Gasteiger partial charge is 0.326 e. The maximum atomic E-state index is 11.8. The van der Waals surface area contributed by atoms with Gasteiger partial charge in [0.25, 0.3) is 0 Å². The Kier molecular flexibility index (Phi) is 7.19. The van der Waals surface area contributed by atoms with Crippen molar-refractivity contribution in [3.63, 3.8) is 0 Å². The van der Waals surface area contributed by atoms with Crippen molar-refractivity contribution in [2.45, 2.75) is 58.4 Å². The highest BCUT2D eigenvalue weighted by Crippen LogP contribution is 2.25. The van der Waals surface area contributed by atoms with Crippen LogP contribution in [0.25, 0.3) is 0 Å². The fourth-order valence-corrected chi connectivity index (χ4v) is 2.64. The fraction of sp³-hybridized carbons (Fsp3) is 0.800. The molecule has 0 aromatic heterocycles. The van der Waals surface area contributed by atoms with Crippen LogP contribution >= 0.6 is 0 Å². The van der Waals surface area contributed by atoms with E-state index < -0.39 is 17.9 Å². The van der Waals surface area contributed by atoms with Crippen molar-refractivity contribution in [2.75, 3.05) is 6.54 Å². The Hall–Kier alpha value is -1.59. The van der Waals surface area contributed by atoms with Crippen LogP contribution in [-0.4, -0.2) is 35.5 Å². The van der Waals surface area contributed by atoms with Crippen molar-refractivity contribution in [3.8, 4) is 0 Å². The molecule has 0 saturated heterocycles. The highest BCUT2D eigenvalue weighted by molar-refractivity contribution is 5.88. The van der Waals surface area contributed by atoms with Gasteiger partial charge in [-0.2, -0.15) is 0 Å². The Morgan fingerprint density at radius 1 is 1.10 bits per heavy atom. The van der Waals surface area contributed by atoms with Gasteiger partial charge in [0.15, 0.2) is 0 Å². The number of carboxylic acids is 1. The van der Waals surface area contributed by atoms with Crippen LogP contribution in [0.3, 0.4) is 0 Å². The number of aliphatic carboxylic acids is 1. The van der Waals surface area contributed by atoms with Crippen LogP contribution in [0.15, 0.2) is 0 Å². The van der Waals surface area contributed by atoms with E-state index in [1.807, 2.05) is 0 Å². The zero-order chi connectivity index (χ0) is 15.8. The standard InChI is InChI=1S/C15H26N2O4/c1-10(2)14(15(20)21)17-13(19)9-16-12(18)8-11-6-4-3-5-7-11/h10-11,14H,3-9H2,1-2H3,(H,16,18)(H,17,19)(H,20,21)/t14-/m0/s1. The molecule has 6 nitrogen and oxygen atoms in total. The van der Waals surface area contributed by atoms with Crippen LogP contribution in [0.1, 0.15) is 52.4 Å². The van der Waals surface area contributed by atoms with E-state index in [9.17, 15) is 14.4 Å². The molecular weight excluding hydrogens is 272 g/mol. The molecular formula is C15H26N2O4. The zero-order valence-electron chi connectivity index (χ0n) is 12.9. The third kappa shape index (κ3) is 6.60. The van der Waals surface area contributed by atoms with Gasteiger partial charge in [0.2, 0.25) is 11.8 Å². The summed E-state index contributed by atoms with van der Waals surface area (Å²) < 4.78 is 0. The Morgan fingerprint density at radius 3 is 2.24 bits per heavy atom. The molecule has 1 saturated carbocycles. The molecule has 0 heterocycles. The lowest BCUT2D eigenvalue weighted by Crippen LogP contribution is -2.48. The maximum Gasteiger partial charge on any atom is 0.326 e. The summed E-state index contributed by atoms with van der Waals surface area (Å²) >= 11 is 0. The van der Waals surface area contributed by atoms with Crippen molar-refractivity contribution < 1.29 is 19.5 Å². The molecule has 0 aliphatic heterocycles. The van der Waals surface area contributed by atoms with Crippen LogP contribution in [0.2, 0.25) is 0 Å². The predicted molar refractivity (Wildman–Crippen MR) is 78.6 cm³/mol. The zero-order valence-corrected chi connectivity index (χ0v) is 12.9. The van der Waals surface area contributed by atoms with E-state index in [1.165, 1.54) is 19.3 Å². The largest absolute Gasteiger partial charge is 0.480 e. The summed E-state index contributed by atoms with van der Waals surface area (Å²) in [4.78, 5) is 34.4. The molecule has 0 aromatic carbocycles. The first-order chi connectivity index (χ1) is 9.90. The number of carbonyl (C=O) groups excluding carboxylic acids is 2. The average Bonchev–Trinajstić information content (AvgIpc) is 2.43. The number of hydrogen-bond donors (Lipinski definition) is 3. The topological polar surface area (TPSA) is 95.5 Å². The Labute approximate surface area is 125 Å². The first kappa shape index (κ1) is 17.5. The average molecular weight is 298 g/mol. The summed E-state index contributed by atoms with van der Waals surface area (Å²) in [5.74, 6) is -1.44. The Morgan fingerprint density at radius 2 is 1.71 bits per heavy atom. The molecule has 0 bridgehead atoms. The second-order valence-electron chi connectivity index (χ2n) is 6.11. The predicted octanol–water partition coefficient (Wildman–Crippen LogP) is 1.30. The normalized spacial score (nSPS) is 17.3. The quantitative estimate of drug-likeness (QED) is 0.660. The van der Waals surface area contributed by atoms with Crippen molar-refractivity contribution in [1.29, 1.82) is 0 Å². The number of carboxylic acid groups (broad SMARTS) is 1. The van der Waals surface area contributed by atoms with Gasteiger partial charge in [-0.1, -0.05) is 33.1 Å². The Bertz CT molecular complexity index is 376. The van der Waals surface area contributed by atoms with Crippen molar-refractivity contribution in [1.82, 2.24) is 10.6 Å². The van der Waals surface area contributed by atoms with Gasteiger partial charge in [0.1, 0.15) is 6.04 Å². The summed E-state index contributed by atoms with van der Waals surface area (Å²) in [7, 11) is 0. The van der Waals surface area contributed by atoms with E-state index in [1.54, 1.807) is 13.8 Å². The van der Waals surface area contributed by atoms with Gasteiger partial charge < -0.3 is 15.7 Å². The van der Waals surface area contributed by atoms with E-state index in [-0.39, 0.29) is 18.4 Å². The van der Waals surface area contributed by atoms with E-state index in [4.69, 9.17) is 5.11 Å². The molecule has 0 unspecified atom stereocenters. The number of amides is 2. The number of carbonyl (C=O) groups is 3. The second kappa shape index (κ2) is 8.64. The lowest BCUT2D eigenvalue weighted by atomic mass is 9.87. The van der Waals surface area contributed by atoms with E-state index in [0.717, 1.165) is 12.8 Å². The van der Waals surface area contributed by atoms with Gasteiger partial charge in [-0.3, -0.25) is 9.59 Å². The van der Waals surface area contributed by atoms with E-state index in [2.05, 4.69) is 10.6 Å². The van der Waals surface area contributed by atoms with Gasteiger partial charge in [0, 0.05) is 6.42 Å². The summed E-state index contributed by atoms with van der Waals surface area (Å²) in [5.41, 5.74) is 0. The molecule has 0 spiro atoms. The SMILES string of the molecule is CC(C)[C@H](NC(=O)CNC(=O)CC1CCCCC1)C(=O)O. The minimum absolute atomic E-state index is 0.131. The number of nitrogens with one attached hydrogen (secondary N) is 2. The lowest BCUT2D eigenvalue weighted by molar-refractivity contribution is -0.143. The van der Waals surface area contributed by atoms with E-state index >= 15 is 0 Å². The van der Waals surface area contributed by atoms with Crippen LogP contribution < -0.4 is 10.6 Å². The third-order valence-electron chi connectivity index (χ3n) is 3.89. The van der Waals surface area contributed by atoms with Crippen LogP contribution in [-0.2, 0) is 14.4 Å². The highest BCUT2D eigenvalue weighted by atomic mass is 16.4. The summed E-state index contributed by atoms with van der Waals surface area (Å²) in [6.07, 6.45) is 6.20. The Balaban J connectivity index is 2.28. The van der Waals surface area contributed by atoms with Gasteiger partial charge >= 0.3 is 5.97 Å². The monoisotopic (exact) mass is 298 g/mol. The third-order valence-corrected chi connectivity index (χ3v) is 3.89. The first-order valence-corrected chi connectivity index (χ1v) is 7.69. The summed E-state index contributed by atoms with van der Waals surface area (Å²) in [5, 5.41) is 14.0. The van der Waals surface area contributed by atoms with Gasteiger partial charge in [-0.05, 0) is 24.7 Å². The molecule has 1 atom stereocenters. The van der Waals surface area contributed by atoms with Crippen LogP contribution in [0, 0.1) is 11.8 Å². The van der Waals surface area contributed by atoms with Crippen molar-refractivity contribution >= 4 is 17.8 Å².